The first-order chi connectivity index (χ1) is 10.8. The largest absolute Gasteiger partial charge is 0.481 e. The number of aromatic nitrogens is 3. The molecule has 0 aliphatic rings. The number of rotatable bonds is 4. The minimum Gasteiger partial charge on any atom is -0.481 e. The molecule has 22 heavy (non-hydrogen) atoms. The van der Waals surface area contributed by atoms with Crippen LogP contribution in [0.5, 0.6) is 5.88 Å². The molecule has 0 N–H and O–H groups in total. The van der Waals surface area contributed by atoms with Crippen molar-refractivity contribution >= 4 is 11.6 Å². The molecule has 0 saturated heterocycles. The quantitative estimate of drug-likeness (QED) is 0.735. The Labute approximate surface area is 133 Å². The molecule has 4 nitrogen and oxygen atoms in total. The minimum absolute atomic E-state index is 0.579. The second kappa shape index (κ2) is 6.54. The highest BCUT2D eigenvalue weighted by Crippen LogP contribution is 2.30. The highest BCUT2D eigenvalue weighted by atomic mass is 35.5. The van der Waals surface area contributed by atoms with Crippen molar-refractivity contribution in [3.63, 3.8) is 0 Å². The lowest BCUT2D eigenvalue weighted by atomic mass is 10.0. The fourth-order valence-electron chi connectivity index (χ4n) is 2.27. The molecule has 110 valence electrons. The van der Waals surface area contributed by atoms with E-state index in [4.69, 9.17) is 16.3 Å². The van der Waals surface area contributed by atoms with Crippen LogP contribution in [0.3, 0.4) is 0 Å². The fourth-order valence-corrected chi connectivity index (χ4v) is 2.46. The monoisotopic (exact) mass is 311 g/mol. The number of benzene rings is 1. The van der Waals surface area contributed by atoms with Gasteiger partial charge in [-0.15, -0.1) is 0 Å². The molecule has 0 unspecified atom stereocenters. The van der Waals surface area contributed by atoms with Crippen LogP contribution in [0, 0.1) is 0 Å². The van der Waals surface area contributed by atoms with Gasteiger partial charge in [0.15, 0.2) is 0 Å². The van der Waals surface area contributed by atoms with E-state index in [1.165, 1.54) is 6.33 Å². The molecule has 0 aliphatic heterocycles. The van der Waals surface area contributed by atoms with E-state index < -0.39 is 0 Å². The molecule has 0 atom stereocenters. The zero-order chi connectivity index (χ0) is 15.4. The minimum atomic E-state index is 0.579. The second-order valence-electron chi connectivity index (χ2n) is 4.83. The first kappa shape index (κ1) is 14.5. The van der Waals surface area contributed by atoms with Gasteiger partial charge in [-0.05, 0) is 34.9 Å². The summed E-state index contributed by atoms with van der Waals surface area (Å²) in [5, 5.41) is 0.682. The number of hydrogen-bond donors (Lipinski definition) is 0. The van der Waals surface area contributed by atoms with Gasteiger partial charge in [0, 0.05) is 35.6 Å². The van der Waals surface area contributed by atoms with E-state index in [2.05, 4.69) is 21.0 Å². The Morgan fingerprint density at radius 1 is 1.05 bits per heavy atom. The maximum atomic E-state index is 6.08. The van der Waals surface area contributed by atoms with Crippen molar-refractivity contribution in [3.8, 4) is 17.0 Å². The Kier molecular flexibility index (Phi) is 4.30. The van der Waals surface area contributed by atoms with Gasteiger partial charge in [-0.2, -0.15) is 0 Å². The summed E-state index contributed by atoms with van der Waals surface area (Å²) in [6, 6.07) is 9.70. The maximum absolute atomic E-state index is 6.08. The van der Waals surface area contributed by atoms with E-state index in [1.54, 1.807) is 25.7 Å². The molecular formula is C17H14ClN3O. The van der Waals surface area contributed by atoms with Gasteiger partial charge < -0.3 is 4.74 Å². The lowest BCUT2D eigenvalue weighted by Crippen LogP contribution is -1.96. The summed E-state index contributed by atoms with van der Waals surface area (Å²) in [6.07, 6.45) is 7.64. The summed E-state index contributed by atoms with van der Waals surface area (Å²) < 4.78 is 5.37. The summed E-state index contributed by atoms with van der Waals surface area (Å²) in [5.74, 6) is 0.579. The SMILES string of the molecule is COc1ncc(Cc2cncnc2)cc1-c1cccc(Cl)c1. The molecule has 0 fully saturated rings. The van der Waals surface area contributed by atoms with Crippen LogP contribution in [-0.4, -0.2) is 22.1 Å². The normalized spacial score (nSPS) is 10.5. The Morgan fingerprint density at radius 3 is 2.59 bits per heavy atom. The summed E-state index contributed by atoms with van der Waals surface area (Å²) >= 11 is 6.08. The number of hydrogen-bond acceptors (Lipinski definition) is 4. The third kappa shape index (κ3) is 3.23. The Balaban J connectivity index is 1.99. The smallest absolute Gasteiger partial charge is 0.221 e. The molecule has 3 aromatic rings. The van der Waals surface area contributed by atoms with Gasteiger partial charge in [-0.25, -0.2) is 15.0 Å². The first-order valence-electron chi connectivity index (χ1n) is 6.79. The van der Waals surface area contributed by atoms with Gasteiger partial charge >= 0.3 is 0 Å². The number of nitrogens with zero attached hydrogens (tertiary/aromatic N) is 3. The van der Waals surface area contributed by atoms with Crippen LogP contribution in [0.4, 0.5) is 0 Å². The topological polar surface area (TPSA) is 47.9 Å². The van der Waals surface area contributed by atoms with Gasteiger partial charge in [-0.1, -0.05) is 23.7 Å². The van der Waals surface area contributed by atoms with E-state index >= 15 is 0 Å². The molecule has 3 rings (SSSR count). The van der Waals surface area contributed by atoms with Gasteiger partial charge in [0.1, 0.15) is 6.33 Å². The van der Waals surface area contributed by atoms with Crippen LogP contribution in [-0.2, 0) is 6.42 Å². The van der Waals surface area contributed by atoms with Crippen LogP contribution in [0.15, 0.2) is 55.2 Å². The van der Waals surface area contributed by atoms with E-state index in [-0.39, 0.29) is 0 Å². The van der Waals surface area contributed by atoms with Crippen molar-refractivity contribution < 1.29 is 4.74 Å². The highest BCUT2D eigenvalue weighted by molar-refractivity contribution is 6.30. The van der Waals surface area contributed by atoms with Gasteiger partial charge in [0.05, 0.1) is 7.11 Å². The van der Waals surface area contributed by atoms with Crippen LogP contribution in [0.1, 0.15) is 11.1 Å². The van der Waals surface area contributed by atoms with Gasteiger partial charge in [-0.3, -0.25) is 0 Å². The van der Waals surface area contributed by atoms with Crippen molar-refractivity contribution in [1.29, 1.82) is 0 Å². The maximum Gasteiger partial charge on any atom is 0.221 e. The zero-order valence-electron chi connectivity index (χ0n) is 12.0. The van der Waals surface area contributed by atoms with Crippen LogP contribution in [0.25, 0.3) is 11.1 Å². The lowest BCUT2D eigenvalue weighted by molar-refractivity contribution is 0.399. The molecule has 0 bridgehead atoms. The van der Waals surface area contributed by atoms with E-state index in [9.17, 15) is 0 Å². The predicted molar refractivity (Wildman–Crippen MR) is 86.1 cm³/mol. The molecule has 1 aromatic carbocycles. The summed E-state index contributed by atoms with van der Waals surface area (Å²) in [6.45, 7) is 0. The first-order valence-corrected chi connectivity index (χ1v) is 7.17. The van der Waals surface area contributed by atoms with Crippen molar-refractivity contribution in [2.45, 2.75) is 6.42 Å². The zero-order valence-corrected chi connectivity index (χ0v) is 12.8. The lowest BCUT2D eigenvalue weighted by Gasteiger charge is -2.10. The van der Waals surface area contributed by atoms with Crippen molar-refractivity contribution in [3.05, 3.63) is 71.4 Å². The molecule has 0 aliphatic carbocycles. The molecule has 0 radical (unpaired) electrons. The standard InChI is InChI=1S/C17H14ClN3O/c1-22-17-16(14-3-2-4-15(18)7-14)6-12(10-21-17)5-13-8-19-11-20-9-13/h2-4,6-11H,5H2,1H3. The van der Waals surface area contributed by atoms with Crippen LogP contribution in [0.2, 0.25) is 5.02 Å². The van der Waals surface area contributed by atoms with Gasteiger partial charge in [0.25, 0.3) is 0 Å². The molecule has 0 saturated carbocycles. The Bertz CT molecular complexity index is 778. The van der Waals surface area contributed by atoms with Crippen molar-refractivity contribution in [1.82, 2.24) is 15.0 Å². The van der Waals surface area contributed by atoms with E-state index in [0.29, 0.717) is 17.3 Å². The number of ether oxygens (including phenoxy) is 1. The Hall–Kier alpha value is -2.46. The van der Waals surface area contributed by atoms with Crippen molar-refractivity contribution in [2.75, 3.05) is 7.11 Å². The third-order valence-corrected chi connectivity index (χ3v) is 3.49. The molecule has 0 spiro atoms. The third-order valence-electron chi connectivity index (χ3n) is 3.26. The molecular weight excluding hydrogens is 298 g/mol. The molecule has 0 amide bonds. The second-order valence-corrected chi connectivity index (χ2v) is 5.27. The highest BCUT2D eigenvalue weighted by Gasteiger charge is 2.10. The molecule has 5 heteroatoms. The van der Waals surface area contributed by atoms with Crippen molar-refractivity contribution in [2.24, 2.45) is 0 Å². The number of methoxy groups -OCH3 is 1. The average molecular weight is 312 g/mol. The van der Waals surface area contributed by atoms with Crippen LogP contribution >= 0.6 is 11.6 Å². The average Bonchev–Trinajstić information content (AvgIpc) is 2.56. The summed E-state index contributed by atoms with van der Waals surface area (Å²) in [5.41, 5.74) is 3.99. The Morgan fingerprint density at radius 2 is 1.86 bits per heavy atom. The van der Waals surface area contributed by atoms with Crippen LogP contribution < -0.4 is 4.74 Å². The van der Waals surface area contributed by atoms with Gasteiger partial charge in [0.2, 0.25) is 5.88 Å². The van der Waals surface area contributed by atoms with E-state index in [0.717, 1.165) is 22.3 Å². The number of halogens is 1. The predicted octanol–water partition coefficient (Wildman–Crippen LogP) is 3.79. The molecule has 2 heterocycles. The van der Waals surface area contributed by atoms with E-state index in [1.807, 2.05) is 24.3 Å². The summed E-state index contributed by atoms with van der Waals surface area (Å²) in [7, 11) is 1.61. The number of pyridine rings is 1. The fraction of sp³-hybridized carbons (Fsp3) is 0.118. The summed E-state index contributed by atoms with van der Waals surface area (Å²) in [4.78, 5) is 12.5. The molecule has 2 aromatic heterocycles.